The quantitative estimate of drug-likeness (QED) is 0.758. The van der Waals surface area contributed by atoms with Crippen molar-refractivity contribution >= 4 is 29.5 Å². The molecule has 0 saturated heterocycles. The molecule has 0 aliphatic rings. The maximum absolute atomic E-state index is 10.9. The molecule has 23 heavy (non-hydrogen) atoms. The van der Waals surface area contributed by atoms with Crippen molar-refractivity contribution in [2.24, 2.45) is 0 Å². The van der Waals surface area contributed by atoms with Crippen LogP contribution in [0.2, 0.25) is 10.0 Å². The van der Waals surface area contributed by atoms with Crippen LogP contribution in [0, 0.1) is 18.3 Å². The van der Waals surface area contributed by atoms with E-state index in [1.165, 1.54) is 19.2 Å². The van der Waals surface area contributed by atoms with Crippen molar-refractivity contribution in [2.45, 2.75) is 13.3 Å². The molecule has 5 nitrogen and oxygen atoms in total. The minimum Gasteiger partial charge on any atom is -0.480 e. The summed E-state index contributed by atoms with van der Waals surface area (Å²) in [6.45, 7) is 1.73. The molecule has 0 unspecified atom stereocenters. The fourth-order valence-corrected chi connectivity index (χ4v) is 2.53. The highest BCUT2D eigenvalue weighted by Crippen LogP contribution is 2.40. The summed E-state index contributed by atoms with van der Waals surface area (Å²) in [5.74, 6) is 0.779. The number of halogens is 2. The number of nitrogens with zero attached hydrogens (tertiary/aromatic N) is 2. The van der Waals surface area contributed by atoms with Gasteiger partial charge in [-0.25, -0.2) is 4.98 Å². The number of pyridine rings is 1. The standard InChI is InChI=1S/C16H12Cl2N2O3/c1-9-13(3-4-21)15(14(18)16(20-9)22-2)23-12-6-10(8-19)5-11(17)7-12/h4-7H,3H2,1-2H3. The van der Waals surface area contributed by atoms with Crippen LogP contribution in [0.1, 0.15) is 16.8 Å². The molecular weight excluding hydrogens is 339 g/mol. The summed E-state index contributed by atoms with van der Waals surface area (Å²) in [7, 11) is 1.43. The Labute approximate surface area is 143 Å². The molecule has 0 N–H and O–H groups in total. The van der Waals surface area contributed by atoms with Gasteiger partial charge >= 0.3 is 0 Å². The summed E-state index contributed by atoms with van der Waals surface area (Å²) in [5.41, 5.74) is 1.46. The Balaban J connectivity index is 2.58. The van der Waals surface area contributed by atoms with Gasteiger partial charge in [0.25, 0.3) is 0 Å². The van der Waals surface area contributed by atoms with Gasteiger partial charge in [0.05, 0.1) is 18.7 Å². The number of carbonyl (C=O) groups is 1. The van der Waals surface area contributed by atoms with Gasteiger partial charge in [-0.3, -0.25) is 0 Å². The van der Waals surface area contributed by atoms with Crippen molar-refractivity contribution in [3.05, 3.63) is 45.1 Å². The molecule has 7 heteroatoms. The number of aldehydes is 1. The summed E-state index contributed by atoms with van der Waals surface area (Å²) >= 11 is 12.2. The largest absolute Gasteiger partial charge is 0.480 e. The van der Waals surface area contributed by atoms with Gasteiger partial charge in [0.15, 0.2) is 5.75 Å². The van der Waals surface area contributed by atoms with Crippen LogP contribution in [-0.4, -0.2) is 18.4 Å². The van der Waals surface area contributed by atoms with Crippen LogP contribution in [0.4, 0.5) is 0 Å². The molecule has 1 aromatic carbocycles. The molecule has 0 saturated carbocycles. The summed E-state index contributed by atoms with van der Waals surface area (Å²) in [4.78, 5) is 15.1. The Morgan fingerprint density at radius 1 is 1.35 bits per heavy atom. The Kier molecular flexibility index (Phi) is 5.43. The van der Waals surface area contributed by atoms with Gasteiger partial charge in [0.2, 0.25) is 5.88 Å². The minimum absolute atomic E-state index is 0.0869. The van der Waals surface area contributed by atoms with E-state index in [1.54, 1.807) is 13.0 Å². The molecule has 0 fully saturated rings. The molecule has 2 aromatic rings. The van der Waals surface area contributed by atoms with Crippen LogP contribution >= 0.6 is 23.2 Å². The highest BCUT2D eigenvalue weighted by Gasteiger charge is 2.19. The second-order valence-electron chi connectivity index (χ2n) is 4.59. The number of benzene rings is 1. The molecule has 0 atom stereocenters. The van der Waals surface area contributed by atoms with Crippen LogP contribution in [0.15, 0.2) is 18.2 Å². The van der Waals surface area contributed by atoms with Crippen molar-refractivity contribution in [3.8, 4) is 23.4 Å². The smallest absolute Gasteiger partial charge is 0.236 e. The first-order chi connectivity index (χ1) is 11.0. The highest BCUT2D eigenvalue weighted by molar-refractivity contribution is 6.33. The summed E-state index contributed by atoms with van der Waals surface area (Å²) in [5, 5.41) is 9.50. The first-order valence-electron chi connectivity index (χ1n) is 6.55. The van der Waals surface area contributed by atoms with Crippen LogP contribution in [-0.2, 0) is 11.2 Å². The van der Waals surface area contributed by atoms with Crippen LogP contribution in [0.3, 0.4) is 0 Å². The van der Waals surface area contributed by atoms with E-state index in [-0.39, 0.29) is 23.1 Å². The van der Waals surface area contributed by atoms with Gasteiger partial charge in [0, 0.05) is 22.7 Å². The van der Waals surface area contributed by atoms with Gasteiger partial charge in [-0.05, 0) is 25.1 Å². The van der Waals surface area contributed by atoms with Crippen molar-refractivity contribution in [3.63, 3.8) is 0 Å². The number of nitriles is 1. The average Bonchev–Trinajstić information content (AvgIpc) is 2.53. The normalized spacial score (nSPS) is 10.0. The molecule has 1 aromatic heterocycles. The number of methoxy groups -OCH3 is 1. The van der Waals surface area contributed by atoms with E-state index < -0.39 is 0 Å². The molecular formula is C16H12Cl2N2O3. The van der Waals surface area contributed by atoms with E-state index >= 15 is 0 Å². The maximum Gasteiger partial charge on any atom is 0.236 e. The van der Waals surface area contributed by atoms with Gasteiger partial charge < -0.3 is 14.3 Å². The minimum atomic E-state index is 0.0869. The lowest BCUT2D eigenvalue weighted by Gasteiger charge is -2.16. The number of aromatic nitrogens is 1. The summed E-state index contributed by atoms with van der Waals surface area (Å²) < 4.78 is 10.9. The lowest BCUT2D eigenvalue weighted by atomic mass is 10.1. The predicted octanol–water partition coefficient (Wildman–Crippen LogP) is 4.11. The monoisotopic (exact) mass is 350 g/mol. The Hall–Kier alpha value is -2.29. The number of ether oxygens (including phenoxy) is 2. The molecule has 2 rings (SSSR count). The van der Waals surface area contributed by atoms with E-state index in [4.69, 9.17) is 37.9 Å². The molecule has 0 amide bonds. The molecule has 0 aliphatic heterocycles. The second kappa shape index (κ2) is 7.32. The molecule has 0 aliphatic carbocycles. The maximum atomic E-state index is 10.9. The van der Waals surface area contributed by atoms with E-state index in [0.29, 0.717) is 27.6 Å². The summed E-state index contributed by atoms with van der Waals surface area (Å²) in [6, 6.07) is 6.58. The van der Waals surface area contributed by atoms with Crippen molar-refractivity contribution in [1.29, 1.82) is 5.26 Å². The van der Waals surface area contributed by atoms with Crippen LogP contribution in [0.25, 0.3) is 0 Å². The molecule has 1 heterocycles. The van der Waals surface area contributed by atoms with Gasteiger partial charge in [-0.1, -0.05) is 23.2 Å². The van der Waals surface area contributed by atoms with E-state index in [9.17, 15) is 4.79 Å². The average molecular weight is 351 g/mol. The van der Waals surface area contributed by atoms with Crippen LogP contribution < -0.4 is 9.47 Å². The third-order valence-corrected chi connectivity index (χ3v) is 3.62. The molecule has 0 bridgehead atoms. The fourth-order valence-electron chi connectivity index (χ4n) is 2.03. The lowest BCUT2D eigenvalue weighted by molar-refractivity contribution is -0.107. The number of carbonyl (C=O) groups excluding carboxylic acids is 1. The zero-order valence-electron chi connectivity index (χ0n) is 12.4. The molecule has 118 valence electrons. The fraction of sp³-hybridized carbons (Fsp3) is 0.188. The zero-order chi connectivity index (χ0) is 17.0. The SMILES string of the molecule is COc1nc(C)c(CC=O)c(Oc2cc(Cl)cc(C#N)c2)c1Cl. The van der Waals surface area contributed by atoms with Gasteiger partial charge in [-0.2, -0.15) is 5.26 Å². The second-order valence-corrected chi connectivity index (χ2v) is 5.40. The van der Waals surface area contributed by atoms with Gasteiger partial charge in [0.1, 0.15) is 17.1 Å². The zero-order valence-corrected chi connectivity index (χ0v) is 13.9. The Morgan fingerprint density at radius 2 is 2.09 bits per heavy atom. The van der Waals surface area contributed by atoms with Gasteiger partial charge in [-0.15, -0.1) is 0 Å². The van der Waals surface area contributed by atoms with Crippen molar-refractivity contribution < 1.29 is 14.3 Å². The number of rotatable bonds is 5. The van der Waals surface area contributed by atoms with Crippen molar-refractivity contribution in [1.82, 2.24) is 4.98 Å². The first-order valence-corrected chi connectivity index (χ1v) is 7.30. The number of hydrogen-bond donors (Lipinski definition) is 0. The third kappa shape index (κ3) is 3.73. The highest BCUT2D eigenvalue weighted by atomic mass is 35.5. The number of aryl methyl sites for hydroxylation is 1. The Bertz CT molecular complexity index is 801. The van der Waals surface area contributed by atoms with Crippen molar-refractivity contribution in [2.75, 3.05) is 7.11 Å². The summed E-state index contributed by atoms with van der Waals surface area (Å²) in [6.07, 6.45) is 0.821. The topological polar surface area (TPSA) is 72.2 Å². The predicted molar refractivity (Wildman–Crippen MR) is 86.5 cm³/mol. The van der Waals surface area contributed by atoms with E-state index in [1.807, 2.05) is 6.07 Å². The third-order valence-electron chi connectivity index (χ3n) is 3.07. The first kappa shape index (κ1) is 17.1. The molecule has 0 spiro atoms. The lowest BCUT2D eigenvalue weighted by Crippen LogP contribution is -2.02. The Morgan fingerprint density at radius 3 is 2.70 bits per heavy atom. The van der Waals surface area contributed by atoms with E-state index in [2.05, 4.69) is 4.98 Å². The van der Waals surface area contributed by atoms with E-state index in [0.717, 1.165) is 6.29 Å². The number of hydrogen-bond acceptors (Lipinski definition) is 5. The molecule has 0 radical (unpaired) electrons. The van der Waals surface area contributed by atoms with Crippen LogP contribution in [0.5, 0.6) is 17.4 Å².